The molecule has 0 radical (unpaired) electrons. The summed E-state index contributed by atoms with van der Waals surface area (Å²) in [4.78, 5) is 2.65. The molecule has 0 aromatic heterocycles. The summed E-state index contributed by atoms with van der Waals surface area (Å²) in [7, 11) is 0. The summed E-state index contributed by atoms with van der Waals surface area (Å²) >= 11 is 0. The highest BCUT2D eigenvalue weighted by molar-refractivity contribution is 6.98. The molecule has 3 heterocycles. The molecular formula is C40H30BN. The Kier molecular flexibility index (Phi) is 4.75. The highest BCUT2D eigenvalue weighted by Crippen LogP contribution is 2.63. The summed E-state index contributed by atoms with van der Waals surface area (Å²) in [6.45, 7) is 4.98. The zero-order valence-corrected chi connectivity index (χ0v) is 23.9. The van der Waals surface area contributed by atoms with E-state index < -0.39 is 5.41 Å². The van der Waals surface area contributed by atoms with Crippen molar-refractivity contribution in [2.24, 2.45) is 0 Å². The molecule has 3 aliphatic heterocycles. The molecule has 6 aromatic carbocycles. The third-order valence-electron chi connectivity index (χ3n) is 10.2. The molecule has 3 aliphatic rings. The van der Waals surface area contributed by atoms with Gasteiger partial charge in [-0.05, 0) is 44.3 Å². The Hall–Kier alpha value is -4.82. The number of hydrogen-bond acceptors (Lipinski definition) is 1. The molecule has 0 N–H and O–H groups in total. The van der Waals surface area contributed by atoms with Crippen molar-refractivity contribution >= 4 is 40.2 Å². The van der Waals surface area contributed by atoms with E-state index in [1.165, 1.54) is 66.8 Å². The fourth-order valence-electron chi connectivity index (χ4n) is 8.45. The van der Waals surface area contributed by atoms with Crippen LogP contribution in [0.15, 0.2) is 146 Å². The topological polar surface area (TPSA) is 3.24 Å². The van der Waals surface area contributed by atoms with Crippen LogP contribution in [0, 0.1) is 0 Å². The molecule has 198 valence electrons. The minimum atomic E-state index is -0.461. The molecule has 0 aliphatic carbocycles. The predicted molar refractivity (Wildman–Crippen MR) is 176 cm³/mol. The van der Waals surface area contributed by atoms with Crippen LogP contribution in [-0.4, -0.2) is 6.71 Å². The predicted octanol–water partition coefficient (Wildman–Crippen LogP) is 7.32. The summed E-state index contributed by atoms with van der Waals surface area (Å²) in [6, 6.07) is 54.6. The van der Waals surface area contributed by atoms with Gasteiger partial charge < -0.3 is 4.90 Å². The first-order valence-electron chi connectivity index (χ1n) is 15.0. The van der Waals surface area contributed by atoms with Gasteiger partial charge in [0, 0.05) is 16.8 Å². The van der Waals surface area contributed by atoms with Gasteiger partial charge in [0.15, 0.2) is 0 Å². The van der Waals surface area contributed by atoms with E-state index in [4.69, 9.17) is 0 Å². The van der Waals surface area contributed by atoms with E-state index in [-0.39, 0.29) is 12.1 Å². The Balaban J connectivity index is 1.52. The maximum atomic E-state index is 2.65. The number of hydrogen-bond donors (Lipinski definition) is 0. The molecule has 0 saturated carbocycles. The number of rotatable bonds is 3. The van der Waals surface area contributed by atoms with Crippen molar-refractivity contribution in [1.29, 1.82) is 0 Å². The zero-order chi connectivity index (χ0) is 28.1. The Bertz CT molecular complexity index is 1970. The number of nitrogens with zero attached hydrogens (tertiary/aromatic N) is 1. The maximum Gasteiger partial charge on any atom is 0.246 e. The Morgan fingerprint density at radius 1 is 0.429 bits per heavy atom. The van der Waals surface area contributed by atoms with Crippen LogP contribution in [0.1, 0.15) is 47.2 Å². The van der Waals surface area contributed by atoms with Gasteiger partial charge in [0.05, 0.1) is 11.1 Å². The van der Waals surface area contributed by atoms with Gasteiger partial charge >= 0.3 is 0 Å². The van der Waals surface area contributed by atoms with Crippen molar-refractivity contribution in [2.45, 2.75) is 24.7 Å². The van der Waals surface area contributed by atoms with Gasteiger partial charge in [-0.2, -0.15) is 0 Å². The van der Waals surface area contributed by atoms with Crippen LogP contribution in [0.3, 0.4) is 0 Å². The SMILES string of the molecule is CC1(C)c2cccc3c2N2c4c(cccc4C(c4ccccc4)(c4ccccc4)c4cccc1c42)B3c1ccccc1. The summed E-state index contributed by atoms with van der Waals surface area (Å²) in [6.07, 6.45) is 0. The van der Waals surface area contributed by atoms with E-state index in [9.17, 15) is 0 Å². The van der Waals surface area contributed by atoms with Crippen molar-refractivity contribution in [3.63, 3.8) is 0 Å². The van der Waals surface area contributed by atoms with Crippen LogP contribution in [0.25, 0.3) is 0 Å². The van der Waals surface area contributed by atoms with Crippen LogP contribution >= 0.6 is 0 Å². The molecule has 2 heteroatoms. The second kappa shape index (κ2) is 8.36. The molecule has 1 nitrogen and oxygen atoms in total. The van der Waals surface area contributed by atoms with Gasteiger partial charge in [0.1, 0.15) is 0 Å². The van der Waals surface area contributed by atoms with Crippen LogP contribution in [0.4, 0.5) is 17.1 Å². The molecular weight excluding hydrogens is 505 g/mol. The zero-order valence-electron chi connectivity index (χ0n) is 23.9. The molecule has 0 saturated heterocycles. The lowest BCUT2D eigenvalue weighted by atomic mass is 9.34. The first-order chi connectivity index (χ1) is 20.6. The molecule has 0 bridgehead atoms. The lowest BCUT2D eigenvalue weighted by molar-refractivity contribution is 0.621. The highest BCUT2D eigenvalue weighted by atomic mass is 15.2. The Morgan fingerprint density at radius 3 is 1.43 bits per heavy atom. The van der Waals surface area contributed by atoms with E-state index in [1.807, 2.05) is 0 Å². The van der Waals surface area contributed by atoms with E-state index in [2.05, 4.69) is 164 Å². The summed E-state index contributed by atoms with van der Waals surface area (Å²) in [5.74, 6) is 0. The molecule has 0 fully saturated rings. The van der Waals surface area contributed by atoms with Gasteiger partial charge in [-0.1, -0.05) is 165 Å². The second-order valence-electron chi connectivity index (χ2n) is 12.5. The van der Waals surface area contributed by atoms with Crippen LogP contribution in [-0.2, 0) is 10.8 Å². The first-order valence-corrected chi connectivity index (χ1v) is 15.0. The molecule has 42 heavy (non-hydrogen) atoms. The lowest BCUT2D eigenvalue weighted by Gasteiger charge is -2.54. The molecule has 9 rings (SSSR count). The third-order valence-corrected chi connectivity index (χ3v) is 10.2. The second-order valence-corrected chi connectivity index (χ2v) is 12.5. The van der Waals surface area contributed by atoms with Crippen molar-refractivity contribution in [1.82, 2.24) is 0 Å². The molecule has 0 atom stereocenters. The fourth-order valence-corrected chi connectivity index (χ4v) is 8.45. The van der Waals surface area contributed by atoms with Gasteiger partial charge in [0.25, 0.3) is 0 Å². The van der Waals surface area contributed by atoms with Gasteiger partial charge in [0.2, 0.25) is 6.71 Å². The molecule has 6 aromatic rings. The number of para-hydroxylation sites is 3. The molecule has 0 amide bonds. The minimum Gasteiger partial charge on any atom is -0.310 e. The van der Waals surface area contributed by atoms with E-state index in [0.717, 1.165) is 0 Å². The van der Waals surface area contributed by atoms with Gasteiger partial charge in [-0.15, -0.1) is 0 Å². The quantitative estimate of drug-likeness (QED) is 0.214. The average molecular weight is 535 g/mol. The normalized spacial score (nSPS) is 16.1. The largest absolute Gasteiger partial charge is 0.310 e. The Labute approximate surface area is 248 Å². The summed E-state index contributed by atoms with van der Waals surface area (Å²) in [5.41, 5.74) is 15.6. The average Bonchev–Trinajstić information content (AvgIpc) is 3.05. The van der Waals surface area contributed by atoms with Crippen LogP contribution < -0.4 is 21.3 Å². The molecule has 0 spiro atoms. The van der Waals surface area contributed by atoms with Gasteiger partial charge in [-0.25, -0.2) is 0 Å². The molecule has 0 unspecified atom stereocenters. The monoisotopic (exact) mass is 535 g/mol. The Morgan fingerprint density at radius 2 is 0.857 bits per heavy atom. The number of anilines is 3. The smallest absolute Gasteiger partial charge is 0.246 e. The third kappa shape index (κ3) is 2.80. The maximum absolute atomic E-state index is 2.65. The van der Waals surface area contributed by atoms with E-state index in [0.29, 0.717) is 0 Å². The lowest BCUT2D eigenvalue weighted by Crippen LogP contribution is -2.60. The van der Waals surface area contributed by atoms with Crippen molar-refractivity contribution in [3.8, 4) is 0 Å². The highest BCUT2D eigenvalue weighted by Gasteiger charge is 2.54. The number of benzene rings is 6. The first kappa shape index (κ1) is 23.8. The van der Waals surface area contributed by atoms with Crippen molar-refractivity contribution in [2.75, 3.05) is 4.90 Å². The van der Waals surface area contributed by atoms with E-state index in [1.54, 1.807) is 0 Å². The summed E-state index contributed by atoms with van der Waals surface area (Å²) < 4.78 is 0. The van der Waals surface area contributed by atoms with Crippen molar-refractivity contribution in [3.05, 3.63) is 179 Å². The summed E-state index contributed by atoms with van der Waals surface area (Å²) in [5, 5.41) is 0. The fraction of sp³-hybridized carbons (Fsp3) is 0.100. The standard InChI is InChI=1S/C40H30BN/c1-39(2)30-21-12-23-32-36(30)42-37-31(39)22-13-25-34(37)41(29-19-10-5-11-20-29)35-26-14-24-33(38(35)42)40(32,27-15-6-3-7-16-27)28-17-8-4-9-18-28/h3-26H,1-2H3. The van der Waals surface area contributed by atoms with E-state index >= 15 is 0 Å². The van der Waals surface area contributed by atoms with Gasteiger partial charge in [-0.3, -0.25) is 0 Å². The van der Waals surface area contributed by atoms with Crippen LogP contribution in [0.2, 0.25) is 0 Å². The van der Waals surface area contributed by atoms with Crippen molar-refractivity contribution < 1.29 is 0 Å². The minimum absolute atomic E-state index is 0.152. The van der Waals surface area contributed by atoms with Crippen LogP contribution in [0.5, 0.6) is 0 Å².